The van der Waals surface area contributed by atoms with Gasteiger partial charge in [-0.15, -0.1) is 0 Å². The van der Waals surface area contributed by atoms with Crippen molar-refractivity contribution >= 4 is 5.91 Å². The van der Waals surface area contributed by atoms with E-state index < -0.39 is 0 Å². The fraction of sp³-hybridized carbons (Fsp3) is 0.588. The number of fused-ring (bicyclic) bond motifs is 1. The number of nitrogens with two attached hydrogens (primary N) is 1. The number of hydrogen-bond acceptors (Lipinski definition) is 2. The molecule has 0 saturated carbocycles. The van der Waals surface area contributed by atoms with E-state index in [4.69, 9.17) is 5.73 Å². The summed E-state index contributed by atoms with van der Waals surface area (Å²) in [6, 6.07) is 6.50. The summed E-state index contributed by atoms with van der Waals surface area (Å²) in [6.45, 7) is 3.77. The summed E-state index contributed by atoms with van der Waals surface area (Å²) in [7, 11) is 0. The standard InChI is InChI=1S/C17H24N2O/c1-12(18)13-7-9-19(10-8-13)17(20)16-6-5-14-3-2-4-15(14)11-16/h5-6,11-13H,2-4,7-10,18H2,1H3. The van der Waals surface area contributed by atoms with Crippen molar-refractivity contribution in [2.75, 3.05) is 13.1 Å². The van der Waals surface area contributed by atoms with Crippen LogP contribution in [0.2, 0.25) is 0 Å². The molecule has 20 heavy (non-hydrogen) atoms. The molecule has 0 aromatic heterocycles. The summed E-state index contributed by atoms with van der Waals surface area (Å²) in [6.07, 6.45) is 5.60. The Labute approximate surface area is 121 Å². The number of carbonyl (C=O) groups is 1. The number of nitrogens with zero attached hydrogens (tertiary/aromatic N) is 1. The third-order valence-corrected chi connectivity index (χ3v) is 4.92. The van der Waals surface area contributed by atoms with Crippen LogP contribution in [0.4, 0.5) is 0 Å². The molecule has 0 radical (unpaired) electrons. The van der Waals surface area contributed by atoms with Crippen LogP contribution < -0.4 is 5.73 Å². The van der Waals surface area contributed by atoms with Crippen LogP contribution in [-0.4, -0.2) is 29.9 Å². The first kappa shape index (κ1) is 13.6. The Kier molecular flexibility index (Phi) is 3.79. The zero-order valence-electron chi connectivity index (χ0n) is 12.3. The van der Waals surface area contributed by atoms with E-state index in [-0.39, 0.29) is 11.9 Å². The topological polar surface area (TPSA) is 46.3 Å². The van der Waals surface area contributed by atoms with Crippen molar-refractivity contribution in [2.45, 2.75) is 45.1 Å². The Hall–Kier alpha value is -1.35. The maximum Gasteiger partial charge on any atom is 0.253 e. The van der Waals surface area contributed by atoms with Crippen LogP contribution in [0.1, 0.15) is 47.7 Å². The van der Waals surface area contributed by atoms with Crippen molar-refractivity contribution in [1.82, 2.24) is 4.90 Å². The second-order valence-electron chi connectivity index (χ2n) is 6.33. The van der Waals surface area contributed by atoms with E-state index in [0.29, 0.717) is 5.92 Å². The number of carbonyl (C=O) groups excluding carboxylic acids is 1. The first-order valence-corrected chi connectivity index (χ1v) is 7.82. The molecule has 3 rings (SSSR count). The van der Waals surface area contributed by atoms with Gasteiger partial charge < -0.3 is 10.6 Å². The molecule has 1 fully saturated rings. The van der Waals surface area contributed by atoms with Crippen molar-refractivity contribution in [2.24, 2.45) is 11.7 Å². The summed E-state index contributed by atoms with van der Waals surface area (Å²) in [5.41, 5.74) is 9.63. The molecule has 3 heteroatoms. The Morgan fingerprint density at radius 2 is 1.95 bits per heavy atom. The Morgan fingerprint density at radius 3 is 2.65 bits per heavy atom. The molecular weight excluding hydrogens is 248 g/mol. The minimum Gasteiger partial charge on any atom is -0.339 e. The van der Waals surface area contributed by atoms with Gasteiger partial charge >= 0.3 is 0 Å². The van der Waals surface area contributed by atoms with Gasteiger partial charge in [0.1, 0.15) is 0 Å². The van der Waals surface area contributed by atoms with Crippen molar-refractivity contribution in [3.8, 4) is 0 Å². The van der Waals surface area contributed by atoms with Gasteiger partial charge in [0.05, 0.1) is 0 Å². The van der Waals surface area contributed by atoms with Crippen molar-refractivity contribution in [1.29, 1.82) is 0 Å². The Morgan fingerprint density at radius 1 is 1.25 bits per heavy atom. The molecule has 1 aliphatic carbocycles. The first-order valence-electron chi connectivity index (χ1n) is 7.82. The summed E-state index contributed by atoms with van der Waals surface area (Å²) in [5, 5.41) is 0. The summed E-state index contributed by atoms with van der Waals surface area (Å²) >= 11 is 0. The van der Waals surface area contributed by atoms with Gasteiger partial charge in [-0.05, 0) is 68.2 Å². The number of aryl methyl sites for hydroxylation is 2. The summed E-state index contributed by atoms with van der Waals surface area (Å²) < 4.78 is 0. The fourth-order valence-corrected chi connectivity index (χ4v) is 3.52. The Balaban J connectivity index is 1.68. The normalized spacial score (nSPS) is 20.8. The van der Waals surface area contributed by atoms with E-state index in [2.05, 4.69) is 19.1 Å². The van der Waals surface area contributed by atoms with Crippen molar-refractivity contribution in [3.63, 3.8) is 0 Å². The molecule has 0 spiro atoms. The van der Waals surface area contributed by atoms with E-state index in [1.807, 2.05) is 11.0 Å². The smallest absolute Gasteiger partial charge is 0.253 e. The molecule has 108 valence electrons. The minimum absolute atomic E-state index is 0.197. The largest absolute Gasteiger partial charge is 0.339 e. The van der Waals surface area contributed by atoms with Crippen LogP contribution in [0, 0.1) is 5.92 Å². The highest BCUT2D eigenvalue weighted by Gasteiger charge is 2.26. The fourth-order valence-electron chi connectivity index (χ4n) is 3.52. The second-order valence-corrected chi connectivity index (χ2v) is 6.33. The van der Waals surface area contributed by atoms with Gasteiger partial charge in [-0.2, -0.15) is 0 Å². The zero-order valence-corrected chi connectivity index (χ0v) is 12.3. The predicted octanol–water partition coefficient (Wildman–Crippen LogP) is 2.37. The number of likely N-dealkylation sites (tertiary alicyclic amines) is 1. The molecule has 1 aromatic rings. The minimum atomic E-state index is 0.197. The van der Waals surface area contributed by atoms with Gasteiger partial charge in [-0.3, -0.25) is 4.79 Å². The maximum atomic E-state index is 12.6. The maximum absolute atomic E-state index is 12.6. The third-order valence-electron chi connectivity index (χ3n) is 4.92. The molecule has 1 aliphatic heterocycles. The molecule has 1 atom stereocenters. The lowest BCUT2D eigenvalue weighted by atomic mass is 9.90. The predicted molar refractivity (Wildman–Crippen MR) is 80.7 cm³/mol. The van der Waals surface area contributed by atoms with Crippen LogP contribution in [0.25, 0.3) is 0 Å². The van der Waals surface area contributed by atoms with Crippen LogP contribution in [0.15, 0.2) is 18.2 Å². The summed E-state index contributed by atoms with van der Waals surface area (Å²) in [4.78, 5) is 14.6. The SMILES string of the molecule is CC(N)C1CCN(C(=O)c2ccc3c(c2)CCC3)CC1. The van der Waals surface area contributed by atoms with E-state index in [1.165, 1.54) is 24.0 Å². The molecule has 1 saturated heterocycles. The highest BCUT2D eigenvalue weighted by atomic mass is 16.2. The van der Waals surface area contributed by atoms with E-state index in [0.717, 1.165) is 37.9 Å². The number of benzene rings is 1. The van der Waals surface area contributed by atoms with Crippen LogP contribution in [0.5, 0.6) is 0 Å². The van der Waals surface area contributed by atoms with Gasteiger partial charge in [0.25, 0.3) is 5.91 Å². The lowest BCUT2D eigenvalue weighted by molar-refractivity contribution is 0.0681. The van der Waals surface area contributed by atoms with Crippen LogP contribution in [0.3, 0.4) is 0 Å². The molecule has 1 unspecified atom stereocenters. The van der Waals surface area contributed by atoms with Crippen LogP contribution >= 0.6 is 0 Å². The second kappa shape index (κ2) is 5.57. The Bertz CT molecular complexity index is 502. The molecule has 3 nitrogen and oxygen atoms in total. The van der Waals surface area contributed by atoms with Gasteiger partial charge in [-0.1, -0.05) is 6.07 Å². The molecule has 1 aromatic carbocycles. The van der Waals surface area contributed by atoms with Gasteiger partial charge in [0.15, 0.2) is 0 Å². The average Bonchev–Trinajstić information content (AvgIpc) is 2.94. The first-order chi connectivity index (χ1) is 9.65. The highest BCUT2D eigenvalue weighted by molar-refractivity contribution is 5.94. The molecular formula is C17H24N2O. The number of rotatable bonds is 2. The summed E-state index contributed by atoms with van der Waals surface area (Å²) in [5.74, 6) is 0.766. The molecule has 1 heterocycles. The lowest BCUT2D eigenvalue weighted by Crippen LogP contribution is -2.42. The monoisotopic (exact) mass is 272 g/mol. The molecule has 1 amide bonds. The van der Waals surface area contributed by atoms with E-state index in [1.54, 1.807) is 0 Å². The number of hydrogen-bond donors (Lipinski definition) is 1. The third kappa shape index (κ3) is 2.59. The molecule has 0 bridgehead atoms. The lowest BCUT2D eigenvalue weighted by Gasteiger charge is -2.33. The average molecular weight is 272 g/mol. The quantitative estimate of drug-likeness (QED) is 0.898. The highest BCUT2D eigenvalue weighted by Crippen LogP contribution is 2.25. The van der Waals surface area contributed by atoms with E-state index in [9.17, 15) is 4.79 Å². The van der Waals surface area contributed by atoms with Crippen LogP contribution in [-0.2, 0) is 12.8 Å². The van der Waals surface area contributed by atoms with Crippen molar-refractivity contribution in [3.05, 3.63) is 34.9 Å². The van der Waals surface area contributed by atoms with E-state index >= 15 is 0 Å². The van der Waals surface area contributed by atoms with Gasteiger partial charge in [0, 0.05) is 24.7 Å². The zero-order chi connectivity index (χ0) is 14.1. The van der Waals surface area contributed by atoms with Crippen molar-refractivity contribution < 1.29 is 4.79 Å². The molecule has 2 aliphatic rings. The van der Waals surface area contributed by atoms with Gasteiger partial charge in [-0.25, -0.2) is 0 Å². The molecule has 2 N–H and O–H groups in total. The number of piperidine rings is 1. The van der Waals surface area contributed by atoms with Gasteiger partial charge in [0.2, 0.25) is 0 Å². The number of amides is 1.